The van der Waals surface area contributed by atoms with E-state index in [1.54, 1.807) is 0 Å². The highest BCUT2D eigenvalue weighted by molar-refractivity contribution is 5.07. The van der Waals surface area contributed by atoms with Crippen molar-refractivity contribution in [1.82, 2.24) is 20.0 Å². The van der Waals surface area contributed by atoms with Gasteiger partial charge in [-0.15, -0.1) is 0 Å². The molecule has 2 rings (SSSR count). The molecule has 1 aromatic heterocycles. The fourth-order valence-electron chi connectivity index (χ4n) is 3.99. The lowest BCUT2D eigenvalue weighted by Gasteiger charge is -2.49. The molecule has 21 heavy (non-hydrogen) atoms. The second-order valence-electron chi connectivity index (χ2n) is 6.73. The summed E-state index contributed by atoms with van der Waals surface area (Å²) in [7, 11) is 6.52. The van der Waals surface area contributed by atoms with Crippen molar-refractivity contribution in [1.29, 1.82) is 0 Å². The smallest absolute Gasteiger partial charge is 0.0521 e. The van der Waals surface area contributed by atoms with Crippen LogP contribution in [-0.2, 0) is 13.5 Å². The third-order valence-electron chi connectivity index (χ3n) is 5.19. The highest BCUT2D eigenvalue weighted by Crippen LogP contribution is 2.36. The first-order valence-electron chi connectivity index (χ1n) is 8.47. The Kier molecular flexibility index (Phi) is 5.82. The summed E-state index contributed by atoms with van der Waals surface area (Å²) < 4.78 is 1.90. The van der Waals surface area contributed by atoms with Crippen molar-refractivity contribution >= 4 is 0 Å². The summed E-state index contributed by atoms with van der Waals surface area (Å²) >= 11 is 0. The number of likely N-dealkylation sites (N-methyl/N-ethyl adjacent to an activating group) is 2. The zero-order chi connectivity index (χ0) is 15.3. The molecular formula is C17H32N4. The average molecular weight is 292 g/mol. The van der Waals surface area contributed by atoms with Crippen LogP contribution in [0.1, 0.15) is 51.0 Å². The van der Waals surface area contributed by atoms with Crippen LogP contribution < -0.4 is 5.32 Å². The minimum atomic E-state index is 0.330. The lowest BCUT2D eigenvalue weighted by molar-refractivity contribution is 0.0542. The monoisotopic (exact) mass is 292 g/mol. The number of hydrogen-bond acceptors (Lipinski definition) is 3. The zero-order valence-electron chi connectivity index (χ0n) is 14.2. The highest BCUT2D eigenvalue weighted by atomic mass is 15.2. The molecule has 1 fully saturated rings. The second kappa shape index (κ2) is 7.41. The van der Waals surface area contributed by atoms with E-state index in [-0.39, 0.29) is 0 Å². The molecule has 1 aliphatic rings. The molecule has 1 N–H and O–H groups in total. The van der Waals surface area contributed by atoms with Gasteiger partial charge in [0.25, 0.3) is 0 Å². The van der Waals surface area contributed by atoms with Crippen molar-refractivity contribution < 1.29 is 0 Å². The Labute approximate surface area is 129 Å². The van der Waals surface area contributed by atoms with E-state index in [9.17, 15) is 0 Å². The van der Waals surface area contributed by atoms with E-state index in [1.807, 2.05) is 17.9 Å². The Bertz CT molecular complexity index is 418. The van der Waals surface area contributed by atoms with Gasteiger partial charge in [0.2, 0.25) is 0 Å². The van der Waals surface area contributed by atoms with Gasteiger partial charge in [-0.3, -0.25) is 4.68 Å². The predicted octanol–water partition coefficient (Wildman–Crippen LogP) is 2.60. The van der Waals surface area contributed by atoms with Gasteiger partial charge >= 0.3 is 0 Å². The molecule has 1 atom stereocenters. The number of rotatable bonds is 7. The average Bonchev–Trinajstić information content (AvgIpc) is 2.89. The molecule has 0 bridgehead atoms. The van der Waals surface area contributed by atoms with Gasteiger partial charge in [-0.2, -0.15) is 5.10 Å². The van der Waals surface area contributed by atoms with Crippen molar-refractivity contribution in [3.8, 4) is 0 Å². The van der Waals surface area contributed by atoms with Gasteiger partial charge in [-0.05, 0) is 51.9 Å². The van der Waals surface area contributed by atoms with Gasteiger partial charge in [0, 0.05) is 24.8 Å². The van der Waals surface area contributed by atoms with Crippen LogP contribution in [0.4, 0.5) is 0 Å². The lowest BCUT2D eigenvalue weighted by Crippen LogP contribution is -2.60. The molecule has 0 radical (unpaired) electrons. The number of nitrogens with zero attached hydrogens (tertiary/aromatic N) is 3. The largest absolute Gasteiger partial charge is 0.312 e. The van der Waals surface area contributed by atoms with Gasteiger partial charge in [-0.25, -0.2) is 0 Å². The van der Waals surface area contributed by atoms with Crippen LogP contribution in [0.2, 0.25) is 0 Å². The van der Waals surface area contributed by atoms with E-state index in [4.69, 9.17) is 0 Å². The third-order valence-corrected chi connectivity index (χ3v) is 5.19. The third kappa shape index (κ3) is 3.86. The van der Waals surface area contributed by atoms with E-state index >= 15 is 0 Å². The van der Waals surface area contributed by atoms with Gasteiger partial charge in [0.1, 0.15) is 0 Å². The first-order valence-corrected chi connectivity index (χ1v) is 8.47. The molecule has 1 aromatic rings. The Morgan fingerprint density at radius 2 is 2.05 bits per heavy atom. The summed E-state index contributed by atoms with van der Waals surface area (Å²) in [4.78, 5) is 2.49. The maximum absolute atomic E-state index is 4.29. The van der Waals surface area contributed by atoms with Crippen LogP contribution in [0.5, 0.6) is 0 Å². The number of aromatic nitrogens is 2. The van der Waals surface area contributed by atoms with E-state index in [0.29, 0.717) is 11.6 Å². The van der Waals surface area contributed by atoms with Crippen molar-refractivity contribution in [3.63, 3.8) is 0 Å². The molecule has 4 nitrogen and oxygen atoms in total. The topological polar surface area (TPSA) is 33.1 Å². The van der Waals surface area contributed by atoms with Gasteiger partial charge in [0.15, 0.2) is 0 Å². The molecule has 0 saturated heterocycles. The molecule has 0 amide bonds. The van der Waals surface area contributed by atoms with Crippen LogP contribution in [0.25, 0.3) is 0 Å². The molecule has 0 aliphatic heterocycles. The number of aryl methyl sites for hydroxylation is 2. The summed E-state index contributed by atoms with van der Waals surface area (Å²) in [5.41, 5.74) is 1.68. The second-order valence-corrected chi connectivity index (χ2v) is 6.73. The lowest BCUT2D eigenvalue weighted by atomic mass is 9.73. The number of hydrogen-bond donors (Lipinski definition) is 1. The Morgan fingerprint density at radius 3 is 2.57 bits per heavy atom. The van der Waals surface area contributed by atoms with Gasteiger partial charge < -0.3 is 10.2 Å². The molecular weight excluding hydrogens is 260 g/mol. The molecule has 1 unspecified atom stereocenters. The maximum Gasteiger partial charge on any atom is 0.0521 e. The molecule has 120 valence electrons. The van der Waals surface area contributed by atoms with Crippen LogP contribution >= 0.6 is 0 Å². The van der Waals surface area contributed by atoms with E-state index in [1.165, 1.54) is 44.1 Å². The fraction of sp³-hybridized carbons (Fsp3) is 0.824. The van der Waals surface area contributed by atoms with Gasteiger partial charge in [0.05, 0.1) is 6.20 Å². The number of nitrogens with one attached hydrogen (secondary N) is 1. The highest BCUT2D eigenvalue weighted by Gasteiger charge is 2.40. The first-order chi connectivity index (χ1) is 10.1. The minimum absolute atomic E-state index is 0.330. The van der Waals surface area contributed by atoms with Crippen LogP contribution in [0.3, 0.4) is 0 Å². The van der Waals surface area contributed by atoms with Crippen molar-refractivity contribution in [2.45, 2.75) is 63.5 Å². The van der Waals surface area contributed by atoms with Gasteiger partial charge in [-0.1, -0.05) is 26.2 Å². The normalized spacial score (nSPS) is 19.9. The standard InChI is InChI=1S/C17H32N4/c1-5-18-16(10-9-15-13-19-21(4)14-15)17(20(2)3)11-7-6-8-12-17/h13-14,16,18H,5-12H2,1-4H3. The quantitative estimate of drug-likeness (QED) is 0.838. The summed E-state index contributed by atoms with van der Waals surface area (Å²) in [5, 5.41) is 8.07. The van der Waals surface area contributed by atoms with Crippen LogP contribution in [0, 0.1) is 0 Å². The molecule has 1 saturated carbocycles. The first kappa shape index (κ1) is 16.5. The summed E-state index contributed by atoms with van der Waals surface area (Å²) in [5.74, 6) is 0. The zero-order valence-corrected chi connectivity index (χ0v) is 14.2. The Hall–Kier alpha value is -0.870. The van der Waals surface area contributed by atoms with Crippen molar-refractivity contribution in [3.05, 3.63) is 18.0 Å². The Morgan fingerprint density at radius 1 is 1.33 bits per heavy atom. The van der Waals surface area contributed by atoms with E-state index in [0.717, 1.165) is 13.0 Å². The summed E-state index contributed by atoms with van der Waals surface area (Å²) in [6.45, 7) is 3.27. The SMILES string of the molecule is CCNC(CCc1cnn(C)c1)C1(N(C)C)CCCCC1. The molecule has 1 aliphatic carbocycles. The summed E-state index contributed by atoms with van der Waals surface area (Å²) in [6.07, 6.45) is 13.2. The van der Waals surface area contributed by atoms with E-state index < -0.39 is 0 Å². The van der Waals surface area contributed by atoms with Crippen LogP contribution in [-0.4, -0.2) is 46.9 Å². The molecule has 0 aromatic carbocycles. The molecule has 1 heterocycles. The van der Waals surface area contributed by atoms with Crippen molar-refractivity contribution in [2.75, 3.05) is 20.6 Å². The fourth-order valence-corrected chi connectivity index (χ4v) is 3.99. The summed E-state index contributed by atoms with van der Waals surface area (Å²) in [6, 6.07) is 0.568. The minimum Gasteiger partial charge on any atom is -0.312 e. The Balaban J connectivity index is 2.07. The predicted molar refractivity (Wildman–Crippen MR) is 88.5 cm³/mol. The molecule has 4 heteroatoms. The molecule has 0 spiro atoms. The van der Waals surface area contributed by atoms with Crippen LogP contribution in [0.15, 0.2) is 12.4 Å². The maximum atomic E-state index is 4.29. The van der Waals surface area contributed by atoms with E-state index in [2.05, 4.69) is 42.5 Å². The van der Waals surface area contributed by atoms with Crippen molar-refractivity contribution in [2.24, 2.45) is 7.05 Å².